The number of fused-ring (bicyclic) bond motifs is 1. The number of amides is 2. The molecule has 7 heteroatoms. The van der Waals surface area contributed by atoms with E-state index in [1.54, 1.807) is 20.8 Å². The molecule has 7 nitrogen and oxygen atoms in total. The molecule has 2 heterocycles. The number of hydrogen-bond acceptors (Lipinski definition) is 4. The third-order valence-electron chi connectivity index (χ3n) is 5.63. The summed E-state index contributed by atoms with van der Waals surface area (Å²) in [5.74, 6) is -1.24. The van der Waals surface area contributed by atoms with E-state index in [0.717, 1.165) is 32.1 Å². The van der Waals surface area contributed by atoms with Gasteiger partial charge in [0.1, 0.15) is 17.7 Å². The molecule has 3 aliphatic rings. The minimum atomic E-state index is -0.964. The van der Waals surface area contributed by atoms with Crippen LogP contribution in [-0.2, 0) is 14.3 Å². The molecule has 1 saturated carbocycles. The van der Waals surface area contributed by atoms with Crippen LogP contribution in [-0.4, -0.2) is 51.7 Å². The Labute approximate surface area is 148 Å². The number of carboxylic acids is 1. The highest BCUT2D eigenvalue weighted by Gasteiger charge is 2.52. The van der Waals surface area contributed by atoms with Gasteiger partial charge in [0.15, 0.2) is 0 Å². The Bertz CT molecular complexity index is 579. The van der Waals surface area contributed by atoms with Crippen molar-refractivity contribution in [2.24, 2.45) is 5.41 Å². The second kappa shape index (κ2) is 6.18. The van der Waals surface area contributed by atoms with Gasteiger partial charge in [-0.15, -0.1) is 0 Å². The van der Waals surface area contributed by atoms with Crippen LogP contribution < -0.4 is 5.32 Å². The lowest BCUT2D eigenvalue weighted by molar-refractivity contribution is -0.151. The highest BCUT2D eigenvalue weighted by atomic mass is 16.6. The summed E-state index contributed by atoms with van der Waals surface area (Å²) in [6.45, 7) is 5.31. The summed E-state index contributed by atoms with van der Waals surface area (Å²) in [6.07, 6.45) is 5.14. The van der Waals surface area contributed by atoms with Gasteiger partial charge < -0.3 is 20.1 Å². The molecule has 2 aliphatic heterocycles. The van der Waals surface area contributed by atoms with Crippen molar-refractivity contribution in [1.82, 2.24) is 10.2 Å². The van der Waals surface area contributed by atoms with Gasteiger partial charge in [0.2, 0.25) is 5.91 Å². The Morgan fingerprint density at radius 1 is 1.20 bits per heavy atom. The molecule has 0 radical (unpaired) electrons. The van der Waals surface area contributed by atoms with Crippen LogP contribution in [0.5, 0.6) is 0 Å². The molecule has 1 spiro atoms. The first-order valence-corrected chi connectivity index (χ1v) is 9.15. The highest BCUT2D eigenvalue weighted by molar-refractivity contribution is 5.90. The third kappa shape index (κ3) is 3.90. The normalized spacial score (nSPS) is 31.1. The Kier molecular flexibility index (Phi) is 4.45. The number of alkyl carbamates (subject to hydrolysis) is 1. The van der Waals surface area contributed by atoms with Crippen molar-refractivity contribution in [3.05, 3.63) is 0 Å². The molecule has 2 N–H and O–H groups in total. The molecule has 25 heavy (non-hydrogen) atoms. The van der Waals surface area contributed by atoms with Gasteiger partial charge in [0, 0.05) is 6.04 Å². The van der Waals surface area contributed by atoms with E-state index in [4.69, 9.17) is 4.74 Å². The van der Waals surface area contributed by atoms with Crippen molar-refractivity contribution in [1.29, 1.82) is 0 Å². The van der Waals surface area contributed by atoms with Crippen molar-refractivity contribution < 1.29 is 24.2 Å². The van der Waals surface area contributed by atoms with Crippen molar-refractivity contribution >= 4 is 18.0 Å². The molecule has 0 aromatic rings. The number of rotatable bonds is 2. The molecule has 0 unspecified atom stereocenters. The highest BCUT2D eigenvalue weighted by Crippen LogP contribution is 2.55. The average Bonchev–Trinajstić information content (AvgIpc) is 3.10. The number of carbonyl (C=O) groups excluding carboxylic acids is 2. The maximum Gasteiger partial charge on any atom is 0.408 e. The molecule has 3 fully saturated rings. The van der Waals surface area contributed by atoms with Gasteiger partial charge in [-0.25, -0.2) is 9.59 Å². The second-order valence-corrected chi connectivity index (χ2v) is 8.77. The predicted octanol–water partition coefficient (Wildman–Crippen LogP) is 2.29. The first-order valence-electron chi connectivity index (χ1n) is 9.15. The van der Waals surface area contributed by atoms with Crippen LogP contribution in [0.2, 0.25) is 0 Å². The van der Waals surface area contributed by atoms with Crippen LogP contribution in [0.3, 0.4) is 0 Å². The lowest BCUT2D eigenvalue weighted by Crippen LogP contribution is -2.56. The van der Waals surface area contributed by atoms with Crippen LogP contribution in [0, 0.1) is 5.41 Å². The molecule has 0 bridgehead atoms. The Morgan fingerprint density at radius 2 is 1.88 bits per heavy atom. The Hall–Kier alpha value is -1.79. The van der Waals surface area contributed by atoms with E-state index in [-0.39, 0.29) is 17.4 Å². The fourth-order valence-corrected chi connectivity index (χ4v) is 4.21. The summed E-state index contributed by atoms with van der Waals surface area (Å²) in [6, 6.07) is -1.52. The second-order valence-electron chi connectivity index (χ2n) is 8.77. The molecular weight excluding hydrogens is 324 g/mol. The number of carboxylic acid groups (broad SMARTS) is 1. The predicted molar refractivity (Wildman–Crippen MR) is 90.0 cm³/mol. The van der Waals surface area contributed by atoms with E-state index in [1.807, 2.05) is 0 Å². The van der Waals surface area contributed by atoms with Crippen molar-refractivity contribution in [3.8, 4) is 0 Å². The first-order chi connectivity index (χ1) is 11.6. The van der Waals surface area contributed by atoms with E-state index in [9.17, 15) is 19.5 Å². The summed E-state index contributed by atoms with van der Waals surface area (Å²) in [4.78, 5) is 38.4. The number of ether oxygens (including phenoxy) is 1. The first kappa shape index (κ1) is 18.0. The van der Waals surface area contributed by atoms with Crippen molar-refractivity contribution in [2.45, 2.75) is 89.4 Å². The number of carbonyl (C=O) groups is 3. The maximum absolute atomic E-state index is 13.1. The number of nitrogens with zero attached hydrogens (tertiary/aromatic N) is 1. The monoisotopic (exact) mass is 352 g/mol. The summed E-state index contributed by atoms with van der Waals surface area (Å²) in [7, 11) is 0. The van der Waals surface area contributed by atoms with Gasteiger partial charge in [0.05, 0.1) is 0 Å². The van der Waals surface area contributed by atoms with E-state index >= 15 is 0 Å². The fraction of sp³-hybridized carbons (Fsp3) is 0.833. The zero-order chi connectivity index (χ0) is 18.4. The molecular formula is C18H28N2O5. The number of hydrogen-bond donors (Lipinski definition) is 2. The average molecular weight is 352 g/mol. The SMILES string of the molecule is CC(C)(C)OC(=O)N[C@H]1CC2(CC[C@H]3CC[C@@H](C(=O)O)N3C1=O)CC2. The van der Waals surface area contributed by atoms with Crippen LogP contribution in [0.1, 0.15) is 65.7 Å². The van der Waals surface area contributed by atoms with Gasteiger partial charge in [-0.2, -0.15) is 0 Å². The number of nitrogens with one attached hydrogen (secondary N) is 1. The third-order valence-corrected chi connectivity index (χ3v) is 5.63. The van der Waals surface area contributed by atoms with Crippen LogP contribution in [0.15, 0.2) is 0 Å². The lowest BCUT2D eigenvalue weighted by Gasteiger charge is -2.37. The quantitative estimate of drug-likeness (QED) is 0.795. The van der Waals surface area contributed by atoms with Gasteiger partial charge in [-0.3, -0.25) is 4.79 Å². The molecule has 2 amide bonds. The fourth-order valence-electron chi connectivity index (χ4n) is 4.21. The van der Waals surface area contributed by atoms with Gasteiger partial charge in [0.25, 0.3) is 0 Å². The molecule has 0 aromatic carbocycles. The van der Waals surface area contributed by atoms with Crippen molar-refractivity contribution in [2.75, 3.05) is 0 Å². The maximum atomic E-state index is 13.1. The Morgan fingerprint density at radius 3 is 2.44 bits per heavy atom. The molecule has 3 atom stereocenters. The smallest absolute Gasteiger partial charge is 0.408 e. The van der Waals surface area contributed by atoms with Crippen LogP contribution in [0.25, 0.3) is 0 Å². The lowest BCUT2D eigenvalue weighted by atomic mass is 9.87. The van der Waals surface area contributed by atoms with Crippen molar-refractivity contribution in [3.63, 3.8) is 0 Å². The van der Waals surface area contributed by atoms with E-state index in [0.29, 0.717) is 12.8 Å². The van der Waals surface area contributed by atoms with Gasteiger partial charge in [-0.1, -0.05) is 0 Å². The minimum absolute atomic E-state index is 0.0330. The van der Waals surface area contributed by atoms with E-state index in [1.165, 1.54) is 4.90 Å². The molecule has 2 saturated heterocycles. The molecule has 1 aliphatic carbocycles. The van der Waals surface area contributed by atoms with Crippen LogP contribution >= 0.6 is 0 Å². The standard InChI is InChI=1S/C18H28N2O5/c1-17(2,3)25-16(24)19-12-10-18(8-9-18)7-6-11-4-5-13(15(22)23)20(11)14(12)21/h11-13H,4-10H2,1-3H3,(H,19,24)(H,22,23)/t11-,12+,13+/m1/s1. The zero-order valence-electron chi connectivity index (χ0n) is 15.2. The molecule has 3 rings (SSSR count). The topological polar surface area (TPSA) is 95.9 Å². The Balaban J connectivity index is 1.79. The molecule has 140 valence electrons. The molecule has 0 aromatic heterocycles. The van der Waals surface area contributed by atoms with E-state index < -0.39 is 29.7 Å². The summed E-state index contributed by atoms with van der Waals surface area (Å²) >= 11 is 0. The van der Waals surface area contributed by atoms with Crippen LogP contribution in [0.4, 0.5) is 4.79 Å². The van der Waals surface area contributed by atoms with E-state index in [2.05, 4.69) is 5.32 Å². The van der Waals surface area contributed by atoms with Gasteiger partial charge in [-0.05, 0) is 71.1 Å². The summed E-state index contributed by atoms with van der Waals surface area (Å²) < 4.78 is 5.30. The summed E-state index contributed by atoms with van der Waals surface area (Å²) in [5.41, 5.74) is -0.519. The minimum Gasteiger partial charge on any atom is -0.480 e. The zero-order valence-corrected chi connectivity index (χ0v) is 15.2. The summed E-state index contributed by atoms with van der Waals surface area (Å²) in [5, 5.41) is 12.2. The number of aliphatic carboxylic acids is 1. The van der Waals surface area contributed by atoms with Gasteiger partial charge >= 0.3 is 12.1 Å². The largest absolute Gasteiger partial charge is 0.480 e.